The molecule has 3 heterocycles. The first-order valence-corrected chi connectivity index (χ1v) is 7.58. The molecule has 1 aliphatic heterocycles. The molecule has 1 fully saturated rings. The molecule has 2 aromatic heterocycles. The van der Waals surface area contributed by atoms with Gasteiger partial charge in [0.1, 0.15) is 5.75 Å². The Kier molecular flexibility index (Phi) is 4.00. The number of ether oxygens (including phenoxy) is 1. The van der Waals surface area contributed by atoms with Gasteiger partial charge in [-0.15, -0.1) is 11.3 Å². The van der Waals surface area contributed by atoms with E-state index in [2.05, 4.69) is 15.0 Å². The minimum absolute atomic E-state index is 0.201. The molecule has 0 amide bonds. The molecule has 1 aliphatic rings. The molecule has 6 nitrogen and oxygen atoms in total. The molecule has 1 atom stereocenters. The van der Waals surface area contributed by atoms with Gasteiger partial charge in [0.2, 0.25) is 0 Å². The fourth-order valence-corrected chi connectivity index (χ4v) is 3.12. The molecule has 0 bridgehead atoms. The lowest BCUT2D eigenvalue weighted by molar-refractivity contribution is 0.306. The first-order valence-electron chi connectivity index (χ1n) is 6.70. The lowest BCUT2D eigenvalue weighted by atomic mass is 10.3. The van der Waals surface area contributed by atoms with E-state index in [1.54, 1.807) is 7.11 Å². The third-order valence-corrected chi connectivity index (χ3v) is 4.35. The van der Waals surface area contributed by atoms with Crippen molar-refractivity contribution in [1.29, 1.82) is 0 Å². The Morgan fingerprint density at radius 3 is 3.00 bits per heavy atom. The number of nitrogens with two attached hydrogens (primary N) is 1. The van der Waals surface area contributed by atoms with Crippen LogP contribution in [0.4, 0.5) is 0 Å². The molecule has 0 spiro atoms. The summed E-state index contributed by atoms with van der Waals surface area (Å²) in [7, 11) is 1.64. The van der Waals surface area contributed by atoms with Crippen LogP contribution in [-0.4, -0.2) is 41.8 Å². The van der Waals surface area contributed by atoms with Crippen LogP contribution in [0.1, 0.15) is 24.7 Å². The smallest absolute Gasteiger partial charge is 0.268 e. The first-order chi connectivity index (χ1) is 9.76. The zero-order chi connectivity index (χ0) is 13.9. The largest absolute Gasteiger partial charge is 0.496 e. The average Bonchev–Trinajstić information content (AvgIpc) is 3.19. The van der Waals surface area contributed by atoms with Crippen molar-refractivity contribution in [2.24, 2.45) is 5.73 Å². The summed E-state index contributed by atoms with van der Waals surface area (Å²) in [4.78, 5) is 7.63. The van der Waals surface area contributed by atoms with Gasteiger partial charge in [0.15, 0.2) is 5.82 Å². The molecule has 1 unspecified atom stereocenters. The Balaban J connectivity index is 1.69. The second kappa shape index (κ2) is 5.90. The minimum atomic E-state index is -0.201. The Hall–Kier alpha value is -1.44. The summed E-state index contributed by atoms with van der Waals surface area (Å²) in [6.45, 7) is 3.01. The maximum absolute atomic E-state index is 6.15. The van der Waals surface area contributed by atoms with Crippen molar-refractivity contribution < 1.29 is 9.26 Å². The summed E-state index contributed by atoms with van der Waals surface area (Å²) < 4.78 is 10.4. The van der Waals surface area contributed by atoms with E-state index in [9.17, 15) is 0 Å². The maximum Gasteiger partial charge on any atom is 0.268 e. The standard InChI is InChI=1S/C13H18N4O2S/c1-18-9-6-11(20-8-9)13-15-12(16-19-13)10(14)7-17-4-2-3-5-17/h6,8,10H,2-5,7,14H2,1H3. The zero-order valence-electron chi connectivity index (χ0n) is 11.4. The van der Waals surface area contributed by atoms with Crippen molar-refractivity contribution in [1.82, 2.24) is 15.0 Å². The van der Waals surface area contributed by atoms with Gasteiger partial charge in [-0.25, -0.2) is 0 Å². The van der Waals surface area contributed by atoms with E-state index >= 15 is 0 Å². The number of nitrogens with zero attached hydrogens (tertiary/aromatic N) is 3. The van der Waals surface area contributed by atoms with E-state index < -0.39 is 0 Å². The van der Waals surface area contributed by atoms with Crippen molar-refractivity contribution in [2.75, 3.05) is 26.7 Å². The number of methoxy groups -OCH3 is 1. The lowest BCUT2D eigenvalue weighted by Gasteiger charge is -2.17. The van der Waals surface area contributed by atoms with Crippen LogP contribution < -0.4 is 10.5 Å². The average molecular weight is 294 g/mol. The van der Waals surface area contributed by atoms with E-state index in [4.69, 9.17) is 15.0 Å². The van der Waals surface area contributed by atoms with Crippen LogP contribution in [0.15, 0.2) is 16.0 Å². The fraction of sp³-hybridized carbons (Fsp3) is 0.538. The predicted molar refractivity (Wildman–Crippen MR) is 76.8 cm³/mol. The molecule has 2 N–H and O–H groups in total. The normalized spacial score (nSPS) is 17.5. The van der Waals surface area contributed by atoms with Gasteiger partial charge in [0.25, 0.3) is 5.89 Å². The van der Waals surface area contributed by atoms with E-state index in [0.717, 1.165) is 30.3 Å². The van der Waals surface area contributed by atoms with Gasteiger partial charge in [0.05, 0.1) is 18.0 Å². The molecule has 0 saturated carbocycles. The van der Waals surface area contributed by atoms with Crippen molar-refractivity contribution in [3.63, 3.8) is 0 Å². The van der Waals surface area contributed by atoms with Crippen LogP contribution in [0.2, 0.25) is 0 Å². The van der Waals surface area contributed by atoms with Crippen molar-refractivity contribution in [2.45, 2.75) is 18.9 Å². The number of rotatable bonds is 5. The molecule has 2 aromatic rings. The molecule has 1 saturated heterocycles. The second-order valence-electron chi connectivity index (χ2n) is 4.92. The third kappa shape index (κ3) is 2.84. The van der Waals surface area contributed by atoms with Crippen molar-refractivity contribution in [3.05, 3.63) is 17.3 Å². The van der Waals surface area contributed by atoms with Gasteiger partial charge in [0, 0.05) is 18.0 Å². The first kappa shape index (κ1) is 13.5. The van der Waals surface area contributed by atoms with Gasteiger partial charge in [-0.05, 0) is 25.9 Å². The Labute approximate surface area is 121 Å². The third-order valence-electron chi connectivity index (χ3n) is 3.45. The quantitative estimate of drug-likeness (QED) is 0.907. The van der Waals surface area contributed by atoms with Gasteiger partial charge in [-0.2, -0.15) is 4.98 Å². The number of hydrogen-bond donors (Lipinski definition) is 1. The van der Waals surface area contributed by atoms with Gasteiger partial charge < -0.3 is 19.9 Å². The SMILES string of the molecule is COc1csc(-c2nc(C(N)CN3CCCC3)no2)c1. The Morgan fingerprint density at radius 2 is 2.30 bits per heavy atom. The van der Waals surface area contributed by atoms with Gasteiger partial charge >= 0.3 is 0 Å². The highest BCUT2D eigenvalue weighted by Crippen LogP contribution is 2.30. The molecular weight excluding hydrogens is 276 g/mol. The number of thiophene rings is 1. The molecule has 3 rings (SSSR count). The molecule has 7 heteroatoms. The van der Waals surface area contributed by atoms with Crippen LogP contribution >= 0.6 is 11.3 Å². The summed E-state index contributed by atoms with van der Waals surface area (Å²) in [6.07, 6.45) is 2.50. The highest BCUT2D eigenvalue weighted by molar-refractivity contribution is 7.13. The number of aromatic nitrogens is 2. The Bertz CT molecular complexity index is 562. The van der Waals surface area contributed by atoms with Crippen LogP contribution in [0.25, 0.3) is 10.8 Å². The van der Waals surface area contributed by atoms with Crippen LogP contribution in [-0.2, 0) is 0 Å². The summed E-state index contributed by atoms with van der Waals surface area (Å²) >= 11 is 1.51. The van der Waals surface area contributed by atoms with Crippen LogP contribution in [0.5, 0.6) is 5.75 Å². The summed E-state index contributed by atoms with van der Waals surface area (Å²) in [5.74, 6) is 1.87. The van der Waals surface area contributed by atoms with Crippen molar-refractivity contribution in [3.8, 4) is 16.5 Å². The van der Waals surface area contributed by atoms with Crippen molar-refractivity contribution >= 4 is 11.3 Å². The summed E-state index contributed by atoms with van der Waals surface area (Å²) in [5, 5.41) is 5.90. The predicted octanol–water partition coefficient (Wildman–Crippen LogP) is 1.90. The summed E-state index contributed by atoms with van der Waals surface area (Å²) in [5.41, 5.74) is 6.15. The molecule has 0 radical (unpaired) electrons. The highest BCUT2D eigenvalue weighted by atomic mass is 32.1. The number of hydrogen-bond acceptors (Lipinski definition) is 7. The second-order valence-corrected chi connectivity index (χ2v) is 5.83. The van der Waals surface area contributed by atoms with E-state index in [0.29, 0.717) is 11.7 Å². The molecule has 108 valence electrons. The van der Waals surface area contributed by atoms with Crippen LogP contribution in [0.3, 0.4) is 0 Å². The molecule has 20 heavy (non-hydrogen) atoms. The van der Waals surface area contributed by atoms with Crippen LogP contribution in [0, 0.1) is 0 Å². The topological polar surface area (TPSA) is 77.4 Å². The molecular formula is C13H18N4O2S. The highest BCUT2D eigenvalue weighted by Gasteiger charge is 2.21. The maximum atomic E-state index is 6.15. The number of likely N-dealkylation sites (tertiary alicyclic amines) is 1. The Morgan fingerprint density at radius 1 is 1.50 bits per heavy atom. The molecule has 0 aromatic carbocycles. The fourth-order valence-electron chi connectivity index (χ4n) is 2.35. The van der Waals surface area contributed by atoms with E-state index in [-0.39, 0.29) is 6.04 Å². The van der Waals surface area contributed by atoms with E-state index in [1.807, 2.05) is 11.4 Å². The van der Waals surface area contributed by atoms with E-state index in [1.165, 1.54) is 24.2 Å². The lowest BCUT2D eigenvalue weighted by Crippen LogP contribution is -2.30. The monoisotopic (exact) mass is 294 g/mol. The zero-order valence-corrected chi connectivity index (χ0v) is 12.2. The van der Waals surface area contributed by atoms with Gasteiger partial charge in [-0.3, -0.25) is 0 Å². The van der Waals surface area contributed by atoms with Gasteiger partial charge in [-0.1, -0.05) is 5.16 Å². The molecule has 0 aliphatic carbocycles. The summed E-state index contributed by atoms with van der Waals surface area (Å²) in [6, 6.07) is 1.68. The minimum Gasteiger partial charge on any atom is -0.496 e.